The van der Waals surface area contributed by atoms with E-state index in [0.717, 1.165) is 5.69 Å². The minimum atomic E-state index is -0.389. The lowest BCUT2D eigenvalue weighted by Crippen LogP contribution is -2.14. The number of carbonyl (C=O) groups is 1. The lowest BCUT2D eigenvalue weighted by Gasteiger charge is -2.10. The monoisotopic (exact) mass is 394 g/mol. The molecule has 0 radical (unpaired) electrons. The van der Waals surface area contributed by atoms with Crippen LogP contribution in [0.3, 0.4) is 0 Å². The molecule has 0 fully saturated rings. The summed E-state index contributed by atoms with van der Waals surface area (Å²) in [6.45, 7) is 0.211. The van der Waals surface area contributed by atoms with Crippen LogP contribution in [0.2, 0.25) is 0 Å². The van der Waals surface area contributed by atoms with Crippen molar-refractivity contribution in [2.45, 2.75) is 0 Å². The molecular formula is C20H18N4O5. The molecule has 9 nitrogen and oxygen atoms in total. The van der Waals surface area contributed by atoms with Gasteiger partial charge in [0.25, 0.3) is 5.91 Å². The zero-order chi connectivity index (χ0) is 20.2. The second-order valence-electron chi connectivity index (χ2n) is 6.02. The van der Waals surface area contributed by atoms with Crippen LogP contribution in [0.5, 0.6) is 23.0 Å². The number of anilines is 3. The third-order valence-corrected chi connectivity index (χ3v) is 4.18. The molecule has 4 rings (SSSR count). The topological polar surface area (TPSA) is 104 Å². The van der Waals surface area contributed by atoms with Gasteiger partial charge < -0.3 is 29.6 Å². The van der Waals surface area contributed by atoms with E-state index in [1.165, 1.54) is 7.11 Å². The molecule has 1 aliphatic rings. The number of aromatic nitrogens is 2. The number of carbonyl (C=O) groups excluding carboxylic acids is 1. The summed E-state index contributed by atoms with van der Waals surface area (Å²) in [4.78, 5) is 12.4. The maximum Gasteiger partial charge on any atom is 0.276 e. The Bertz CT molecular complexity index is 1040. The number of benzene rings is 2. The van der Waals surface area contributed by atoms with Crippen molar-refractivity contribution in [3.05, 3.63) is 54.2 Å². The fourth-order valence-corrected chi connectivity index (χ4v) is 2.75. The van der Waals surface area contributed by atoms with Crippen LogP contribution < -0.4 is 29.6 Å². The predicted molar refractivity (Wildman–Crippen MR) is 105 cm³/mol. The average molecular weight is 394 g/mol. The number of hydrogen-bond donors (Lipinski definition) is 2. The Morgan fingerprint density at radius 1 is 0.897 bits per heavy atom. The van der Waals surface area contributed by atoms with Gasteiger partial charge in [0.15, 0.2) is 34.5 Å². The third kappa shape index (κ3) is 3.98. The third-order valence-electron chi connectivity index (χ3n) is 4.18. The molecule has 0 saturated carbocycles. The minimum Gasteiger partial charge on any atom is -0.493 e. The molecule has 0 bridgehead atoms. The van der Waals surface area contributed by atoms with Crippen LogP contribution in [0.15, 0.2) is 48.5 Å². The van der Waals surface area contributed by atoms with Crippen molar-refractivity contribution >= 4 is 23.1 Å². The van der Waals surface area contributed by atoms with Crippen molar-refractivity contribution in [1.29, 1.82) is 0 Å². The van der Waals surface area contributed by atoms with E-state index < -0.39 is 0 Å². The normalized spacial score (nSPS) is 11.7. The fourth-order valence-electron chi connectivity index (χ4n) is 2.75. The van der Waals surface area contributed by atoms with Crippen LogP contribution in [0.25, 0.3) is 0 Å². The first-order valence-electron chi connectivity index (χ1n) is 8.70. The van der Waals surface area contributed by atoms with E-state index in [1.54, 1.807) is 37.4 Å². The molecule has 29 heavy (non-hydrogen) atoms. The van der Waals surface area contributed by atoms with Crippen molar-refractivity contribution in [3.8, 4) is 23.0 Å². The summed E-state index contributed by atoms with van der Waals surface area (Å²) in [5.41, 5.74) is 1.50. The zero-order valence-corrected chi connectivity index (χ0v) is 15.8. The number of rotatable bonds is 6. The number of nitrogens with zero attached hydrogens (tertiary/aromatic N) is 2. The second kappa shape index (κ2) is 7.93. The fraction of sp³-hybridized carbons (Fsp3) is 0.150. The Labute approximate surface area is 166 Å². The highest BCUT2D eigenvalue weighted by atomic mass is 16.7. The molecule has 0 saturated heterocycles. The SMILES string of the molecule is COc1ccc(NC(=O)c2ccc(Nc3ccc4c(c3)OCO4)nn2)cc1OC. The molecule has 2 heterocycles. The average Bonchev–Trinajstić information content (AvgIpc) is 3.22. The van der Waals surface area contributed by atoms with Crippen molar-refractivity contribution in [2.75, 3.05) is 31.6 Å². The predicted octanol–water partition coefficient (Wildman–Crippen LogP) is 3.22. The van der Waals surface area contributed by atoms with E-state index >= 15 is 0 Å². The smallest absolute Gasteiger partial charge is 0.276 e. The molecule has 0 unspecified atom stereocenters. The van der Waals surface area contributed by atoms with Crippen LogP contribution in [-0.4, -0.2) is 37.1 Å². The molecule has 9 heteroatoms. The Hall–Kier alpha value is -4.01. The maximum atomic E-state index is 12.4. The van der Waals surface area contributed by atoms with E-state index in [0.29, 0.717) is 34.5 Å². The van der Waals surface area contributed by atoms with Gasteiger partial charge in [0.2, 0.25) is 6.79 Å². The van der Waals surface area contributed by atoms with E-state index in [9.17, 15) is 4.79 Å². The molecule has 1 aliphatic heterocycles. The van der Waals surface area contributed by atoms with Gasteiger partial charge in [0.1, 0.15) is 0 Å². The number of nitrogens with one attached hydrogen (secondary N) is 2. The second-order valence-corrected chi connectivity index (χ2v) is 6.02. The van der Waals surface area contributed by atoms with Gasteiger partial charge in [0.05, 0.1) is 14.2 Å². The van der Waals surface area contributed by atoms with Gasteiger partial charge in [-0.1, -0.05) is 0 Å². The van der Waals surface area contributed by atoms with E-state index in [-0.39, 0.29) is 18.4 Å². The molecule has 1 amide bonds. The standard InChI is InChI=1S/C20H18N4O5/c1-26-15-6-3-13(9-17(15)27-2)22-20(25)14-5-8-19(24-23-14)21-12-4-7-16-18(10-12)29-11-28-16/h3-10H,11H2,1-2H3,(H,21,24)(H,22,25). The van der Waals surface area contributed by atoms with Gasteiger partial charge in [-0.3, -0.25) is 4.79 Å². The van der Waals surface area contributed by atoms with Crippen LogP contribution in [0.4, 0.5) is 17.2 Å². The molecule has 2 N–H and O–H groups in total. The highest BCUT2D eigenvalue weighted by molar-refractivity contribution is 6.03. The lowest BCUT2D eigenvalue weighted by atomic mass is 10.2. The summed E-state index contributed by atoms with van der Waals surface area (Å²) in [5, 5.41) is 13.9. The molecule has 0 spiro atoms. The Balaban J connectivity index is 1.43. The van der Waals surface area contributed by atoms with Crippen molar-refractivity contribution in [2.24, 2.45) is 0 Å². The van der Waals surface area contributed by atoms with Gasteiger partial charge in [0, 0.05) is 23.5 Å². The van der Waals surface area contributed by atoms with E-state index in [1.807, 2.05) is 18.2 Å². The Morgan fingerprint density at radius 2 is 1.69 bits per heavy atom. The van der Waals surface area contributed by atoms with Gasteiger partial charge in [-0.2, -0.15) is 0 Å². The number of amides is 1. The summed E-state index contributed by atoms with van der Waals surface area (Å²) in [6, 6.07) is 13.8. The van der Waals surface area contributed by atoms with Gasteiger partial charge >= 0.3 is 0 Å². The molecule has 1 aromatic heterocycles. The summed E-state index contributed by atoms with van der Waals surface area (Å²) >= 11 is 0. The summed E-state index contributed by atoms with van der Waals surface area (Å²) < 4.78 is 21.1. The first-order chi connectivity index (χ1) is 14.2. The van der Waals surface area contributed by atoms with Crippen molar-refractivity contribution in [3.63, 3.8) is 0 Å². The Kier molecular flexibility index (Phi) is 5.02. The molecule has 0 aliphatic carbocycles. The van der Waals surface area contributed by atoms with Crippen LogP contribution in [0, 0.1) is 0 Å². The van der Waals surface area contributed by atoms with Crippen LogP contribution in [0.1, 0.15) is 10.5 Å². The molecule has 3 aromatic rings. The Morgan fingerprint density at radius 3 is 2.45 bits per heavy atom. The first kappa shape index (κ1) is 18.4. The minimum absolute atomic E-state index is 0.177. The van der Waals surface area contributed by atoms with Crippen LogP contribution >= 0.6 is 0 Å². The highest BCUT2D eigenvalue weighted by Crippen LogP contribution is 2.35. The number of hydrogen-bond acceptors (Lipinski definition) is 8. The maximum absolute atomic E-state index is 12.4. The molecule has 148 valence electrons. The van der Waals surface area contributed by atoms with Crippen molar-refractivity contribution in [1.82, 2.24) is 10.2 Å². The van der Waals surface area contributed by atoms with Crippen molar-refractivity contribution < 1.29 is 23.7 Å². The van der Waals surface area contributed by atoms with Gasteiger partial charge in [-0.05, 0) is 36.4 Å². The first-order valence-corrected chi connectivity index (χ1v) is 8.70. The summed E-state index contributed by atoms with van der Waals surface area (Å²) in [7, 11) is 3.08. The lowest BCUT2D eigenvalue weighted by molar-refractivity contribution is 0.102. The molecular weight excluding hydrogens is 376 g/mol. The van der Waals surface area contributed by atoms with Gasteiger partial charge in [-0.15, -0.1) is 10.2 Å². The zero-order valence-electron chi connectivity index (χ0n) is 15.8. The summed E-state index contributed by atoms with van der Waals surface area (Å²) in [5.74, 6) is 2.55. The number of methoxy groups -OCH3 is 2. The molecule has 0 atom stereocenters. The van der Waals surface area contributed by atoms with E-state index in [4.69, 9.17) is 18.9 Å². The number of fused-ring (bicyclic) bond motifs is 1. The van der Waals surface area contributed by atoms with Crippen LogP contribution in [-0.2, 0) is 0 Å². The highest BCUT2D eigenvalue weighted by Gasteiger charge is 2.14. The quantitative estimate of drug-likeness (QED) is 0.657. The van der Waals surface area contributed by atoms with E-state index in [2.05, 4.69) is 20.8 Å². The molecule has 2 aromatic carbocycles. The largest absolute Gasteiger partial charge is 0.493 e. The summed E-state index contributed by atoms with van der Waals surface area (Å²) in [6.07, 6.45) is 0. The number of ether oxygens (including phenoxy) is 4. The van der Waals surface area contributed by atoms with Gasteiger partial charge in [-0.25, -0.2) is 0 Å².